The van der Waals surface area contributed by atoms with Crippen molar-refractivity contribution in [2.24, 2.45) is 10.7 Å². The summed E-state index contributed by atoms with van der Waals surface area (Å²) >= 11 is 0. The first kappa shape index (κ1) is 29.9. The van der Waals surface area contributed by atoms with E-state index in [1.807, 2.05) is 0 Å². The van der Waals surface area contributed by atoms with Crippen molar-refractivity contribution in [3.05, 3.63) is 0 Å². The Labute approximate surface area is 216 Å². The van der Waals surface area contributed by atoms with Crippen molar-refractivity contribution in [1.29, 1.82) is 0 Å². The zero-order chi connectivity index (χ0) is 27.1. The van der Waals surface area contributed by atoms with Crippen LogP contribution in [-0.2, 0) is 18.9 Å². The second kappa shape index (κ2) is 12.8. The molecule has 0 saturated carbocycles. The normalized spacial score (nSPS) is 21.3. The predicted molar refractivity (Wildman–Crippen MR) is 140 cm³/mol. The van der Waals surface area contributed by atoms with Gasteiger partial charge in [0.2, 0.25) is 5.96 Å². The number of carbonyl (C=O) groups excluding carboxylic acids is 3. The molecule has 2 fully saturated rings. The summed E-state index contributed by atoms with van der Waals surface area (Å²) in [6.07, 6.45) is 6.27. The number of alkyl carbamates (subject to hydrolysis) is 1. The minimum Gasteiger partial charge on any atom is -0.535 e. The van der Waals surface area contributed by atoms with Gasteiger partial charge in [0.1, 0.15) is 17.2 Å². The van der Waals surface area contributed by atoms with Crippen molar-refractivity contribution in [2.75, 3.05) is 13.6 Å². The minimum atomic E-state index is -0.835. The number of ether oxygens (including phenoxy) is 2. The molecule has 2 heterocycles. The summed E-state index contributed by atoms with van der Waals surface area (Å²) < 4.78 is 16.4. The van der Waals surface area contributed by atoms with E-state index in [2.05, 4.69) is 10.3 Å². The Morgan fingerprint density at radius 2 is 1.53 bits per heavy atom. The average molecular weight is 508 g/mol. The van der Waals surface area contributed by atoms with Crippen LogP contribution in [0.3, 0.4) is 0 Å². The first-order valence-corrected chi connectivity index (χ1v) is 13.1. The first-order chi connectivity index (χ1) is 16.6. The zero-order valence-electron chi connectivity index (χ0n) is 23.1. The van der Waals surface area contributed by atoms with Crippen LogP contribution >= 0.6 is 0 Å². The highest BCUT2D eigenvalue weighted by Gasteiger charge is 2.44. The number of fused-ring (bicyclic) bond motifs is 2. The molecular formula is C25H45BN4O6. The lowest BCUT2D eigenvalue weighted by atomic mass is 9.38. The number of nitrogens with one attached hydrogen (secondary N) is 1. The number of guanidine groups is 1. The standard InChI is InChI=1S/C25H45BN4O6/c1-24(2,3)34-22(32)28-21(29-23(33)35-25(4,5)6)30(7)16-10-15-19(27)20(31)36-26-17-11-8-12-18(26)14-9-13-17/h17-19H,8-16,27H2,1-7H3,(H,28,29,32,33)/t17?,18?,19-/m0/s1. The van der Waals surface area contributed by atoms with Gasteiger partial charge in [0, 0.05) is 13.6 Å². The summed E-state index contributed by atoms with van der Waals surface area (Å²) in [7, 11) is 1.67. The Bertz CT molecular complexity index is 785. The number of aliphatic imine (C=N–C) groups is 1. The van der Waals surface area contributed by atoms with E-state index in [4.69, 9.17) is 19.9 Å². The molecule has 2 rings (SSSR count). The minimum absolute atomic E-state index is 0.000632. The second-order valence-electron chi connectivity index (χ2n) is 12.0. The molecule has 2 bridgehead atoms. The number of rotatable bonds is 6. The molecule has 0 unspecified atom stereocenters. The highest BCUT2D eigenvalue weighted by molar-refractivity contribution is 6.57. The number of nitrogens with two attached hydrogens (primary N) is 1. The van der Waals surface area contributed by atoms with Crippen molar-refractivity contribution in [3.8, 4) is 0 Å². The van der Waals surface area contributed by atoms with Crippen LogP contribution in [0.25, 0.3) is 0 Å². The monoisotopic (exact) mass is 508 g/mol. The van der Waals surface area contributed by atoms with Gasteiger partial charge in [-0.3, -0.25) is 10.1 Å². The highest BCUT2D eigenvalue weighted by Crippen LogP contribution is 2.46. The van der Waals surface area contributed by atoms with Gasteiger partial charge in [-0.05, 0) is 66.0 Å². The molecule has 1 atom stereocenters. The number of hydrogen-bond donors (Lipinski definition) is 2. The van der Waals surface area contributed by atoms with Crippen LogP contribution in [0.15, 0.2) is 4.99 Å². The molecule has 0 spiro atoms. The number of amides is 2. The van der Waals surface area contributed by atoms with Crippen molar-refractivity contribution < 1.29 is 28.5 Å². The van der Waals surface area contributed by atoms with Gasteiger partial charge in [-0.25, -0.2) is 9.59 Å². The van der Waals surface area contributed by atoms with E-state index in [9.17, 15) is 14.4 Å². The molecule has 36 heavy (non-hydrogen) atoms. The molecule has 0 aromatic carbocycles. The molecule has 2 aliphatic heterocycles. The van der Waals surface area contributed by atoms with Crippen LogP contribution in [-0.4, -0.2) is 66.8 Å². The molecule has 0 aliphatic carbocycles. The third-order valence-electron chi connectivity index (χ3n) is 6.36. The van der Waals surface area contributed by atoms with E-state index in [0.717, 1.165) is 25.7 Å². The van der Waals surface area contributed by atoms with Gasteiger partial charge < -0.3 is 24.8 Å². The van der Waals surface area contributed by atoms with E-state index >= 15 is 0 Å². The van der Waals surface area contributed by atoms with Gasteiger partial charge in [-0.1, -0.05) is 38.5 Å². The van der Waals surface area contributed by atoms with Crippen LogP contribution in [0, 0.1) is 0 Å². The third-order valence-corrected chi connectivity index (χ3v) is 6.36. The summed E-state index contributed by atoms with van der Waals surface area (Å²) in [5.41, 5.74) is 4.71. The number of carbonyl (C=O) groups is 3. The topological polar surface area (TPSA) is 133 Å². The highest BCUT2D eigenvalue weighted by atomic mass is 16.6. The Morgan fingerprint density at radius 1 is 1.00 bits per heavy atom. The first-order valence-electron chi connectivity index (χ1n) is 13.1. The lowest BCUT2D eigenvalue weighted by Crippen LogP contribution is -2.46. The SMILES string of the molecule is CN(CCC[C@H](N)C(=O)OB1C2CCCC1CCC2)/C(=N/C(=O)OC(C)(C)C)NC(=O)OC(C)(C)C. The fourth-order valence-corrected chi connectivity index (χ4v) is 4.78. The van der Waals surface area contributed by atoms with Crippen LogP contribution in [0.1, 0.15) is 92.9 Å². The molecule has 0 aromatic heterocycles. The molecule has 2 saturated heterocycles. The van der Waals surface area contributed by atoms with E-state index in [1.54, 1.807) is 53.5 Å². The number of nitrogens with zero attached hydrogens (tertiary/aromatic N) is 2. The second-order valence-corrected chi connectivity index (χ2v) is 12.0. The third kappa shape index (κ3) is 10.4. The molecule has 0 radical (unpaired) electrons. The van der Waals surface area contributed by atoms with Gasteiger partial charge in [0.05, 0.1) is 0 Å². The summed E-state index contributed by atoms with van der Waals surface area (Å²) in [5, 5.41) is 2.52. The van der Waals surface area contributed by atoms with E-state index in [0.29, 0.717) is 31.0 Å². The maximum atomic E-state index is 12.7. The fraction of sp³-hybridized carbons (Fsp3) is 0.840. The largest absolute Gasteiger partial charge is 0.535 e. The van der Waals surface area contributed by atoms with Gasteiger partial charge in [-0.2, -0.15) is 0 Å². The Hall–Kier alpha value is -2.30. The van der Waals surface area contributed by atoms with E-state index < -0.39 is 29.4 Å². The Morgan fingerprint density at radius 3 is 2.03 bits per heavy atom. The van der Waals surface area contributed by atoms with Crippen LogP contribution in [0.4, 0.5) is 9.59 Å². The molecule has 11 heteroatoms. The molecule has 2 aliphatic rings. The molecular weight excluding hydrogens is 463 g/mol. The van der Waals surface area contributed by atoms with Crippen LogP contribution in [0.5, 0.6) is 0 Å². The smallest absolute Gasteiger partial charge is 0.437 e. The summed E-state index contributed by atoms with van der Waals surface area (Å²) in [6.45, 7) is 10.8. The summed E-state index contributed by atoms with van der Waals surface area (Å²) in [4.78, 5) is 42.8. The van der Waals surface area contributed by atoms with Gasteiger partial charge in [-0.15, -0.1) is 4.99 Å². The van der Waals surface area contributed by atoms with Gasteiger partial charge >= 0.3 is 25.1 Å². The van der Waals surface area contributed by atoms with Crippen molar-refractivity contribution in [1.82, 2.24) is 10.2 Å². The van der Waals surface area contributed by atoms with E-state index in [1.165, 1.54) is 12.8 Å². The molecule has 0 aromatic rings. The maximum absolute atomic E-state index is 12.7. The van der Waals surface area contributed by atoms with Crippen molar-refractivity contribution in [2.45, 2.75) is 122 Å². The lowest BCUT2D eigenvalue weighted by Gasteiger charge is -2.39. The van der Waals surface area contributed by atoms with Crippen molar-refractivity contribution in [3.63, 3.8) is 0 Å². The molecule has 10 nitrogen and oxygen atoms in total. The quantitative estimate of drug-likeness (QED) is 0.305. The van der Waals surface area contributed by atoms with E-state index in [-0.39, 0.29) is 18.8 Å². The maximum Gasteiger partial charge on any atom is 0.437 e. The zero-order valence-corrected chi connectivity index (χ0v) is 23.1. The molecule has 3 N–H and O–H groups in total. The lowest BCUT2D eigenvalue weighted by molar-refractivity contribution is -0.136. The van der Waals surface area contributed by atoms with Crippen LogP contribution in [0.2, 0.25) is 11.6 Å². The van der Waals surface area contributed by atoms with Crippen molar-refractivity contribution >= 4 is 31.0 Å². The summed E-state index contributed by atoms with van der Waals surface area (Å²) in [6, 6.07) is -0.730. The molecule has 204 valence electrons. The molecule has 2 amide bonds. The predicted octanol–water partition coefficient (Wildman–Crippen LogP) is 4.48. The van der Waals surface area contributed by atoms with Gasteiger partial charge in [0.15, 0.2) is 0 Å². The number of hydrogen-bond acceptors (Lipinski definition) is 7. The Kier molecular flexibility index (Phi) is 10.6. The average Bonchev–Trinajstić information content (AvgIpc) is 2.70. The van der Waals surface area contributed by atoms with Gasteiger partial charge in [0.25, 0.3) is 0 Å². The summed E-state index contributed by atoms with van der Waals surface area (Å²) in [5.74, 6) is 0.566. The van der Waals surface area contributed by atoms with Crippen LogP contribution < -0.4 is 11.1 Å². The Balaban J connectivity index is 1.92. The fourth-order valence-electron chi connectivity index (χ4n) is 4.78.